The second kappa shape index (κ2) is 6.08. The van der Waals surface area contributed by atoms with Crippen LogP contribution in [0.15, 0.2) is 6.20 Å². The van der Waals surface area contributed by atoms with Gasteiger partial charge < -0.3 is 10.1 Å². The van der Waals surface area contributed by atoms with Crippen molar-refractivity contribution in [2.24, 2.45) is 0 Å². The number of hydrogen-bond donors (Lipinski definition) is 1. The maximum Gasteiger partial charge on any atom is 0.278 e. The van der Waals surface area contributed by atoms with Crippen LogP contribution >= 0.6 is 0 Å². The minimum Gasteiger partial charge on any atom is -0.383 e. The monoisotopic (exact) mass is 267 g/mol. The molecule has 0 spiro atoms. The molecule has 0 aliphatic carbocycles. The van der Waals surface area contributed by atoms with Gasteiger partial charge in [0.05, 0.1) is 17.2 Å². The summed E-state index contributed by atoms with van der Waals surface area (Å²) in [7, 11) is 1.64. The number of nitrogens with one attached hydrogen (secondary N) is 1. The van der Waals surface area contributed by atoms with E-state index in [-0.39, 0.29) is 16.1 Å². The maximum absolute atomic E-state index is 11.0. The van der Waals surface area contributed by atoms with Crippen molar-refractivity contribution in [1.29, 1.82) is 0 Å². The van der Waals surface area contributed by atoms with Gasteiger partial charge >= 0.3 is 0 Å². The van der Waals surface area contributed by atoms with Crippen molar-refractivity contribution in [2.45, 2.75) is 39.8 Å². The Bertz CT molecular complexity index is 472. The normalized spacial score (nSPS) is 11.6. The van der Waals surface area contributed by atoms with Crippen LogP contribution in [0.4, 0.5) is 5.69 Å². The molecule has 0 atom stereocenters. The quantitative estimate of drug-likeness (QED) is 0.631. The lowest BCUT2D eigenvalue weighted by Gasteiger charge is -2.25. The third-order valence-electron chi connectivity index (χ3n) is 3.00. The minimum absolute atomic E-state index is 0.149. The Morgan fingerprint density at radius 1 is 1.47 bits per heavy atom. The summed E-state index contributed by atoms with van der Waals surface area (Å²) in [5, 5.41) is 14.3. The van der Waals surface area contributed by atoms with Gasteiger partial charge in [-0.2, -0.15) is 0 Å². The molecule has 0 aliphatic rings. The van der Waals surface area contributed by atoms with Crippen molar-refractivity contribution in [2.75, 3.05) is 13.7 Å². The summed E-state index contributed by atoms with van der Waals surface area (Å²) in [6, 6.07) is 0. The molecule has 1 rings (SSSR count). The number of pyridine rings is 1. The molecule has 0 aromatic carbocycles. The summed E-state index contributed by atoms with van der Waals surface area (Å²) < 4.78 is 5.12. The molecule has 1 heterocycles. The largest absolute Gasteiger partial charge is 0.383 e. The van der Waals surface area contributed by atoms with Crippen molar-refractivity contribution in [3.05, 3.63) is 33.1 Å². The van der Waals surface area contributed by atoms with Gasteiger partial charge in [-0.25, -0.2) is 0 Å². The maximum atomic E-state index is 11.0. The summed E-state index contributed by atoms with van der Waals surface area (Å²) in [5.74, 6) is 0. The highest BCUT2D eigenvalue weighted by Gasteiger charge is 2.21. The fourth-order valence-electron chi connectivity index (χ4n) is 1.96. The molecule has 0 radical (unpaired) electrons. The number of nitro groups is 1. The van der Waals surface area contributed by atoms with Crippen molar-refractivity contribution in [3.8, 4) is 0 Å². The van der Waals surface area contributed by atoms with Crippen LogP contribution in [0.2, 0.25) is 0 Å². The van der Waals surface area contributed by atoms with Gasteiger partial charge in [0, 0.05) is 36.5 Å². The van der Waals surface area contributed by atoms with E-state index in [9.17, 15) is 10.1 Å². The van der Waals surface area contributed by atoms with E-state index in [1.54, 1.807) is 27.2 Å². The van der Waals surface area contributed by atoms with E-state index in [0.717, 1.165) is 0 Å². The van der Waals surface area contributed by atoms with Crippen molar-refractivity contribution < 1.29 is 9.66 Å². The lowest BCUT2D eigenvalue weighted by Crippen LogP contribution is -2.43. The fourth-order valence-corrected chi connectivity index (χ4v) is 1.96. The van der Waals surface area contributed by atoms with Gasteiger partial charge in [-0.15, -0.1) is 0 Å². The van der Waals surface area contributed by atoms with Gasteiger partial charge in [0.25, 0.3) is 5.69 Å². The Labute approximate surface area is 113 Å². The van der Waals surface area contributed by atoms with Gasteiger partial charge in [0.1, 0.15) is 0 Å². The average molecular weight is 267 g/mol. The van der Waals surface area contributed by atoms with Gasteiger partial charge in [0.15, 0.2) is 0 Å². The molecule has 0 fully saturated rings. The molecular formula is C13H21N3O3. The number of nitrogens with zero attached hydrogens (tertiary/aromatic N) is 2. The average Bonchev–Trinajstić information content (AvgIpc) is 2.27. The summed E-state index contributed by atoms with van der Waals surface area (Å²) in [4.78, 5) is 15.0. The van der Waals surface area contributed by atoms with E-state index in [4.69, 9.17) is 4.74 Å². The molecule has 1 aromatic heterocycles. The van der Waals surface area contributed by atoms with Crippen LogP contribution in [0.3, 0.4) is 0 Å². The number of aryl methyl sites for hydroxylation is 1. The summed E-state index contributed by atoms with van der Waals surface area (Å²) >= 11 is 0. The summed E-state index contributed by atoms with van der Waals surface area (Å²) in [6.45, 7) is 8.48. The Kier molecular flexibility index (Phi) is 4.97. The molecule has 0 amide bonds. The topological polar surface area (TPSA) is 77.3 Å². The molecule has 0 unspecified atom stereocenters. The van der Waals surface area contributed by atoms with Crippen LogP contribution in [0.5, 0.6) is 0 Å². The predicted molar refractivity (Wildman–Crippen MR) is 73.2 cm³/mol. The highest BCUT2D eigenvalue weighted by Crippen LogP contribution is 2.24. The van der Waals surface area contributed by atoms with E-state index in [1.165, 1.54) is 0 Å². The van der Waals surface area contributed by atoms with Gasteiger partial charge in [0.2, 0.25) is 0 Å². The lowest BCUT2D eigenvalue weighted by molar-refractivity contribution is -0.386. The molecule has 1 aromatic rings. The van der Waals surface area contributed by atoms with Crippen LogP contribution in [0.1, 0.15) is 30.7 Å². The Hall–Kier alpha value is -1.53. The number of hydrogen-bond acceptors (Lipinski definition) is 5. The molecule has 0 aliphatic heterocycles. The zero-order valence-corrected chi connectivity index (χ0v) is 12.1. The van der Waals surface area contributed by atoms with Crippen LogP contribution in [-0.2, 0) is 11.3 Å². The van der Waals surface area contributed by atoms with Crippen LogP contribution in [-0.4, -0.2) is 29.2 Å². The molecule has 0 saturated carbocycles. The number of aromatic nitrogens is 1. The first-order valence-corrected chi connectivity index (χ1v) is 6.12. The molecule has 1 N–H and O–H groups in total. The molecule has 106 valence electrons. The summed E-state index contributed by atoms with van der Waals surface area (Å²) in [5.41, 5.74) is 1.84. The van der Waals surface area contributed by atoms with Crippen molar-refractivity contribution >= 4 is 5.69 Å². The zero-order chi connectivity index (χ0) is 14.6. The van der Waals surface area contributed by atoms with Crippen LogP contribution < -0.4 is 5.32 Å². The number of ether oxygens (including phenoxy) is 1. The first kappa shape index (κ1) is 15.5. The molecular weight excluding hydrogens is 246 g/mol. The Morgan fingerprint density at radius 2 is 2.11 bits per heavy atom. The highest BCUT2D eigenvalue weighted by atomic mass is 16.6. The Morgan fingerprint density at radius 3 is 2.63 bits per heavy atom. The molecule has 6 heteroatoms. The predicted octanol–water partition coefficient (Wildman–Crippen LogP) is 2.12. The molecule has 6 nitrogen and oxygen atoms in total. The summed E-state index contributed by atoms with van der Waals surface area (Å²) in [6.07, 6.45) is 1.55. The Balaban J connectivity index is 2.92. The van der Waals surface area contributed by atoms with Gasteiger partial charge in [-0.1, -0.05) is 0 Å². The molecule has 0 bridgehead atoms. The highest BCUT2D eigenvalue weighted by molar-refractivity contribution is 5.47. The third-order valence-corrected chi connectivity index (χ3v) is 3.00. The van der Waals surface area contributed by atoms with Crippen molar-refractivity contribution in [1.82, 2.24) is 10.3 Å². The zero-order valence-electron chi connectivity index (χ0n) is 12.1. The number of methoxy groups -OCH3 is 1. The fraction of sp³-hybridized carbons (Fsp3) is 0.615. The van der Waals surface area contributed by atoms with E-state index < -0.39 is 0 Å². The second-order valence-electron chi connectivity index (χ2n) is 5.29. The first-order valence-electron chi connectivity index (χ1n) is 6.12. The number of rotatable bonds is 6. The van der Waals surface area contributed by atoms with Crippen LogP contribution in [0, 0.1) is 24.0 Å². The molecule has 19 heavy (non-hydrogen) atoms. The smallest absolute Gasteiger partial charge is 0.278 e. The van der Waals surface area contributed by atoms with E-state index >= 15 is 0 Å². The van der Waals surface area contributed by atoms with Gasteiger partial charge in [-0.3, -0.25) is 15.1 Å². The van der Waals surface area contributed by atoms with E-state index in [1.807, 2.05) is 13.8 Å². The van der Waals surface area contributed by atoms with Gasteiger partial charge in [-0.05, 0) is 27.7 Å². The van der Waals surface area contributed by atoms with E-state index in [2.05, 4.69) is 10.3 Å². The second-order valence-corrected chi connectivity index (χ2v) is 5.29. The SMILES string of the molecule is COCC(C)(C)NCc1ncc(C)c([N+](=O)[O-])c1C. The lowest BCUT2D eigenvalue weighted by atomic mass is 10.1. The van der Waals surface area contributed by atoms with Crippen LogP contribution in [0.25, 0.3) is 0 Å². The van der Waals surface area contributed by atoms with E-state index in [0.29, 0.717) is 30.0 Å². The standard InChI is InChI=1S/C13H21N3O3/c1-9-6-14-11(10(2)12(9)16(17)18)7-15-13(3,4)8-19-5/h6,15H,7-8H2,1-5H3. The molecule has 0 saturated heterocycles. The first-order chi connectivity index (χ1) is 8.78. The van der Waals surface area contributed by atoms with Crippen molar-refractivity contribution in [3.63, 3.8) is 0 Å². The minimum atomic E-state index is -0.351. The third kappa shape index (κ3) is 3.97.